The standard InChI is InChI=1S/C18H27N5/c1-2-23-11-5-7-16(23)13-21-18(19)20-10-9-15-12-14-6-3-4-8-17(14)22-15/h3-4,6,8,12,16,22H,2,5,7,9-11,13H2,1H3,(H3,19,20,21). The topological polar surface area (TPSA) is 69.4 Å². The van der Waals surface area contributed by atoms with Crippen molar-refractivity contribution in [2.75, 3.05) is 26.2 Å². The van der Waals surface area contributed by atoms with Gasteiger partial charge >= 0.3 is 0 Å². The highest BCUT2D eigenvalue weighted by molar-refractivity contribution is 5.80. The molecule has 5 nitrogen and oxygen atoms in total. The largest absolute Gasteiger partial charge is 0.370 e. The highest BCUT2D eigenvalue weighted by Crippen LogP contribution is 2.16. The third-order valence-electron chi connectivity index (χ3n) is 4.66. The number of H-pyrrole nitrogens is 1. The predicted octanol–water partition coefficient (Wildman–Crippen LogP) is 2.10. The number of likely N-dealkylation sites (N-methyl/N-ethyl adjacent to an activating group) is 1. The molecule has 0 saturated carbocycles. The van der Waals surface area contributed by atoms with Gasteiger partial charge in [0.1, 0.15) is 0 Å². The van der Waals surface area contributed by atoms with Crippen LogP contribution in [0.25, 0.3) is 10.9 Å². The normalized spacial score (nSPS) is 19.5. The summed E-state index contributed by atoms with van der Waals surface area (Å²) in [4.78, 5) is 10.4. The van der Waals surface area contributed by atoms with E-state index in [4.69, 9.17) is 5.73 Å². The maximum absolute atomic E-state index is 5.99. The fraction of sp³-hybridized carbons (Fsp3) is 0.500. The molecule has 1 atom stereocenters. The van der Waals surface area contributed by atoms with E-state index in [1.807, 2.05) is 6.07 Å². The first-order chi connectivity index (χ1) is 11.3. The van der Waals surface area contributed by atoms with Gasteiger partial charge in [-0.3, -0.25) is 9.89 Å². The second-order valence-corrected chi connectivity index (χ2v) is 6.21. The smallest absolute Gasteiger partial charge is 0.188 e. The minimum Gasteiger partial charge on any atom is -0.370 e. The minimum absolute atomic E-state index is 0.559. The molecule has 1 aromatic heterocycles. The van der Waals surface area contributed by atoms with Crippen LogP contribution in [0, 0.1) is 0 Å². The Labute approximate surface area is 138 Å². The van der Waals surface area contributed by atoms with Gasteiger partial charge in [-0.2, -0.15) is 0 Å². The monoisotopic (exact) mass is 313 g/mol. The number of para-hydroxylation sites is 1. The van der Waals surface area contributed by atoms with Gasteiger partial charge in [0.15, 0.2) is 5.96 Å². The van der Waals surface area contributed by atoms with Gasteiger partial charge in [0.2, 0.25) is 0 Å². The van der Waals surface area contributed by atoms with Crippen molar-refractivity contribution in [3.05, 3.63) is 36.0 Å². The van der Waals surface area contributed by atoms with E-state index in [1.165, 1.54) is 36.0 Å². The van der Waals surface area contributed by atoms with Gasteiger partial charge in [0.25, 0.3) is 0 Å². The van der Waals surface area contributed by atoms with Crippen LogP contribution < -0.4 is 11.1 Å². The van der Waals surface area contributed by atoms with Crippen molar-refractivity contribution < 1.29 is 0 Å². The summed E-state index contributed by atoms with van der Waals surface area (Å²) in [5.41, 5.74) is 8.40. The van der Waals surface area contributed by atoms with E-state index >= 15 is 0 Å². The average Bonchev–Trinajstić information content (AvgIpc) is 3.18. The van der Waals surface area contributed by atoms with Crippen LogP contribution in [0.5, 0.6) is 0 Å². The molecule has 1 aromatic carbocycles. The van der Waals surface area contributed by atoms with Crippen LogP contribution in [0.15, 0.2) is 35.3 Å². The van der Waals surface area contributed by atoms with E-state index in [0.717, 1.165) is 26.1 Å². The molecule has 0 bridgehead atoms. The van der Waals surface area contributed by atoms with Crippen molar-refractivity contribution >= 4 is 16.9 Å². The Morgan fingerprint density at radius 2 is 2.30 bits per heavy atom. The van der Waals surface area contributed by atoms with Crippen LogP contribution in [0.3, 0.4) is 0 Å². The first-order valence-electron chi connectivity index (χ1n) is 8.60. The molecule has 1 fully saturated rings. The van der Waals surface area contributed by atoms with Crippen LogP contribution in [0.1, 0.15) is 25.5 Å². The van der Waals surface area contributed by atoms with E-state index in [0.29, 0.717) is 12.0 Å². The Kier molecular flexibility index (Phi) is 5.18. The molecule has 124 valence electrons. The van der Waals surface area contributed by atoms with Gasteiger partial charge in [0.05, 0.1) is 6.54 Å². The molecule has 2 aromatic rings. The molecule has 23 heavy (non-hydrogen) atoms. The minimum atomic E-state index is 0.559. The van der Waals surface area contributed by atoms with Crippen LogP contribution in [-0.4, -0.2) is 48.1 Å². The lowest BCUT2D eigenvalue weighted by Crippen LogP contribution is -2.36. The Morgan fingerprint density at radius 1 is 1.43 bits per heavy atom. The van der Waals surface area contributed by atoms with Crippen molar-refractivity contribution in [3.8, 4) is 0 Å². The summed E-state index contributed by atoms with van der Waals surface area (Å²) < 4.78 is 0. The van der Waals surface area contributed by atoms with Crippen molar-refractivity contribution in [2.24, 2.45) is 10.7 Å². The molecule has 1 aliphatic heterocycles. The molecule has 5 heteroatoms. The Bertz CT molecular complexity index is 627. The third-order valence-corrected chi connectivity index (χ3v) is 4.66. The zero-order valence-electron chi connectivity index (χ0n) is 13.9. The number of aliphatic imine (C=N–C) groups is 1. The lowest BCUT2D eigenvalue weighted by atomic mass is 10.2. The summed E-state index contributed by atoms with van der Waals surface area (Å²) in [5.74, 6) is 0.559. The number of aromatic nitrogens is 1. The van der Waals surface area contributed by atoms with Crippen molar-refractivity contribution in [3.63, 3.8) is 0 Å². The van der Waals surface area contributed by atoms with Crippen LogP contribution >= 0.6 is 0 Å². The second-order valence-electron chi connectivity index (χ2n) is 6.21. The number of fused-ring (bicyclic) bond motifs is 1. The molecule has 0 amide bonds. The molecule has 0 spiro atoms. The van der Waals surface area contributed by atoms with Gasteiger partial charge in [-0.1, -0.05) is 25.1 Å². The quantitative estimate of drug-likeness (QED) is 0.565. The van der Waals surface area contributed by atoms with E-state index < -0.39 is 0 Å². The van der Waals surface area contributed by atoms with Gasteiger partial charge < -0.3 is 16.0 Å². The Hall–Kier alpha value is -2.01. The van der Waals surface area contributed by atoms with Gasteiger partial charge in [-0.05, 0) is 43.5 Å². The van der Waals surface area contributed by atoms with Gasteiger partial charge in [-0.15, -0.1) is 0 Å². The third kappa shape index (κ3) is 4.05. The van der Waals surface area contributed by atoms with Gasteiger partial charge in [0, 0.05) is 30.2 Å². The molecular weight excluding hydrogens is 286 g/mol. The lowest BCUT2D eigenvalue weighted by Gasteiger charge is -2.20. The number of guanidine groups is 1. The van der Waals surface area contributed by atoms with E-state index in [2.05, 4.69) is 51.4 Å². The Morgan fingerprint density at radius 3 is 3.13 bits per heavy atom. The number of nitrogens with one attached hydrogen (secondary N) is 2. The summed E-state index contributed by atoms with van der Waals surface area (Å²) in [7, 11) is 0. The maximum Gasteiger partial charge on any atom is 0.188 e. The fourth-order valence-corrected chi connectivity index (χ4v) is 3.37. The first-order valence-corrected chi connectivity index (χ1v) is 8.60. The number of hydrogen-bond acceptors (Lipinski definition) is 2. The molecule has 0 aliphatic carbocycles. The summed E-state index contributed by atoms with van der Waals surface area (Å²) in [6, 6.07) is 11.1. The molecule has 3 rings (SSSR count). The van der Waals surface area contributed by atoms with Crippen molar-refractivity contribution in [1.82, 2.24) is 15.2 Å². The molecule has 1 unspecified atom stereocenters. The number of likely N-dealkylation sites (tertiary alicyclic amines) is 1. The fourth-order valence-electron chi connectivity index (χ4n) is 3.37. The molecule has 1 aliphatic rings. The number of rotatable bonds is 6. The highest BCUT2D eigenvalue weighted by Gasteiger charge is 2.22. The zero-order chi connectivity index (χ0) is 16.1. The molecule has 4 N–H and O–H groups in total. The molecule has 2 heterocycles. The highest BCUT2D eigenvalue weighted by atomic mass is 15.2. The number of nitrogens with zero attached hydrogens (tertiary/aromatic N) is 2. The number of aromatic amines is 1. The molecular formula is C18H27N5. The maximum atomic E-state index is 5.99. The average molecular weight is 313 g/mol. The Balaban J connectivity index is 1.45. The number of benzene rings is 1. The SMILES string of the molecule is CCN1CCCC1CN=C(N)NCCc1cc2ccccc2[nH]1. The van der Waals surface area contributed by atoms with Crippen LogP contribution in [0.2, 0.25) is 0 Å². The molecule has 0 radical (unpaired) electrons. The first kappa shape index (κ1) is 15.9. The van der Waals surface area contributed by atoms with Crippen molar-refractivity contribution in [2.45, 2.75) is 32.2 Å². The van der Waals surface area contributed by atoms with E-state index in [1.54, 1.807) is 0 Å². The summed E-state index contributed by atoms with van der Waals surface area (Å²) >= 11 is 0. The van der Waals surface area contributed by atoms with Crippen LogP contribution in [-0.2, 0) is 6.42 Å². The summed E-state index contributed by atoms with van der Waals surface area (Å²) in [5, 5.41) is 4.48. The zero-order valence-corrected chi connectivity index (χ0v) is 13.9. The van der Waals surface area contributed by atoms with Crippen molar-refractivity contribution in [1.29, 1.82) is 0 Å². The van der Waals surface area contributed by atoms with E-state index in [-0.39, 0.29) is 0 Å². The number of hydrogen-bond donors (Lipinski definition) is 3. The lowest BCUT2D eigenvalue weighted by molar-refractivity contribution is 0.273. The number of nitrogens with two attached hydrogens (primary N) is 1. The van der Waals surface area contributed by atoms with E-state index in [9.17, 15) is 0 Å². The summed E-state index contributed by atoms with van der Waals surface area (Å²) in [6.07, 6.45) is 3.43. The molecule has 1 saturated heterocycles. The summed E-state index contributed by atoms with van der Waals surface area (Å²) in [6.45, 7) is 6.12. The van der Waals surface area contributed by atoms with Crippen LogP contribution in [0.4, 0.5) is 0 Å². The van der Waals surface area contributed by atoms with Gasteiger partial charge in [-0.25, -0.2) is 0 Å². The predicted molar refractivity (Wildman–Crippen MR) is 96.8 cm³/mol. The second kappa shape index (κ2) is 7.51.